The van der Waals surface area contributed by atoms with Gasteiger partial charge in [-0.3, -0.25) is 4.79 Å². The maximum Gasteiger partial charge on any atom is 0.333 e. The minimum atomic E-state index is -0.471. The summed E-state index contributed by atoms with van der Waals surface area (Å²) in [5.41, 5.74) is 2.37. The van der Waals surface area contributed by atoms with Crippen molar-refractivity contribution in [2.45, 2.75) is 13.5 Å². The highest BCUT2D eigenvalue weighted by atomic mass is 16.5. The number of carbonyl (C=O) groups excluding carboxylic acids is 2. The summed E-state index contributed by atoms with van der Waals surface area (Å²) in [7, 11) is 1.43. The number of rotatable bonds is 8. The first-order valence-electron chi connectivity index (χ1n) is 9.73. The number of ether oxygens (including phenoxy) is 2. The molecule has 0 aliphatic carbocycles. The fourth-order valence-corrected chi connectivity index (χ4v) is 2.82. The quantitative estimate of drug-likeness (QED) is 0.215. The van der Waals surface area contributed by atoms with Crippen molar-refractivity contribution in [2.24, 2.45) is 10.2 Å². The second-order valence-electron chi connectivity index (χ2n) is 6.96. The van der Waals surface area contributed by atoms with E-state index >= 15 is 0 Å². The van der Waals surface area contributed by atoms with Gasteiger partial charge >= 0.3 is 5.97 Å². The van der Waals surface area contributed by atoms with Gasteiger partial charge in [0, 0.05) is 17.2 Å². The maximum absolute atomic E-state index is 12.8. The second-order valence-corrected chi connectivity index (χ2v) is 6.96. The van der Waals surface area contributed by atoms with E-state index in [4.69, 9.17) is 9.47 Å². The van der Waals surface area contributed by atoms with E-state index in [2.05, 4.69) is 16.8 Å². The van der Waals surface area contributed by atoms with Crippen molar-refractivity contribution in [1.29, 1.82) is 0 Å². The highest BCUT2D eigenvalue weighted by molar-refractivity contribution is 6.11. The predicted octanol–water partition coefficient (Wildman–Crippen LogP) is 5.67. The smallest absolute Gasteiger partial charge is 0.333 e. The molecule has 7 heteroatoms. The molecule has 0 radical (unpaired) electrons. The van der Waals surface area contributed by atoms with Crippen LogP contribution in [0.4, 0.5) is 11.4 Å². The van der Waals surface area contributed by atoms with Gasteiger partial charge in [0.1, 0.15) is 23.8 Å². The lowest BCUT2D eigenvalue weighted by Gasteiger charge is -2.09. The lowest BCUT2D eigenvalue weighted by Crippen LogP contribution is -2.04. The van der Waals surface area contributed by atoms with Crippen LogP contribution in [0.1, 0.15) is 28.4 Å². The topological polar surface area (TPSA) is 97.6 Å². The van der Waals surface area contributed by atoms with Gasteiger partial charge in [-0.25, -0.2) is 4.79 Å². The first-order valence-corrected chi connectivity index (χ1v) is 9.73. The number of esters is 1. The summed E-state index contributed by atoms with van der Waals surface area (Å²) in [5.74, 6) is -0.761. The van der Waals surface area contributed by atoms with Gasteiger partial charge < -0.3 is 14.6 Å². The highest BCUT2D eigenvalue weighted by Crippen LogP contribution is 2.36. The first-order chi connectivity index (χ1) is 15.4. The molecule has 32 heavy (non-hydrogen) atoms. The number of azo groups is 1. The first kappa shape index (κ1) is 22.4. The van der Waals surface area contributed by atoms with Gasteiger partial charge in [-0.1, -0.05) is 49.0 Å². The van der Waals surface area contributed by atoms with E-state index in [-0.39, 0.29) is 35.1 Å². The molecule has 162 valence electrons. The van der Waals surface area contributed by atoms with E-state index in [1.54, 1.807) is 61.5 Å². The van der Waals surface area contributed by atoms with Crippen molar-refractivity contribution in [3.05, 3.63) is 95.6 Å². The summed E-state index contributed by atoms with van der Waals surface area (Å²) in [6.45, 7) is 5.20. The fraction of sp³-hybridized carbons (Fsp3) is 0.120. The number of nitrogens with zero attached hydrogens (tertiary/aromatic N) is 2. The standard InChI is InChI=1S/C25H22N2O5/c1-16(2)25(30)32-15-17-8-7-11-19(12-17)26-27-21-13-20(22(28)14-23(21)31-3)24(29)18-9-5-4-6-10-18/h4-14,28H,1,15H2,2-3H3. The largest absolute Gasteiger partial charge is 0.507 e. The molecule has 0 heterocycles. The number of aromatic hydroxyl groups is 1. The predicted molar refractivity (Wildman–Crippen MR) is 120 cm³/mol. The molecule has 0 fully saturated rings. The van der Waals surface area contributed by atoms with Gasteiger partial charge in [-0.2, -0.15) is 5.11 Å². The van der Waals surface area contributed by atoms with Crippen molar-refractivity contribution in [1.82, 2.24) is 0 Å². The average molecular weight is 430 g/mol. The van der Waals surface area contributed by atoms with E-state index in [1.807, 2.05) is 0 Å². The molecule has 3 rings (SSSR count). The number of hydrogen-bond donors (Lipinski definition) is 1. The Hall–Kier alpha value is -4.26. The van der Waals surface area contributed by atoms with Gasteiger partial charge in [0.05, 0.1) is 18.4 Å². The second kappa shape index (κ2) is 10.2. The van der Waals surface area contributed by atoms with E-state index < -0.39 is 5.97 Å². The lowest BCUT2D eigenvalue weighted by molar-refractivity contribution is -0.140. The molecular formula is C25H22N2O5. The van der Waals surface area contributed by atoms with Crippen LogP contribution in [0.15, 0.2) is 89.1 Å². The summed E-state index contributed by atoms with van der Waals surface area (Å²) >= 11 is 0. The fourth-order valence-electron chi connectivity index (χ4n) is 2.82. The molecule has 0 atom stereocenters. The molecule has 0 amide bonds. The molecule has 0 aliphatic rings. The molecule has 0 saturated heterocycles. The molecule has 0 aromatic heterocycles. The molecule has 0 aliphatic heterocycles. The van der Waals surface area contributed by atoms with Crippen LogP contribution in [0, 0.1) is 0 Å². The number of carbonyl (C=O) groups is 2. The Morgan fingerprint density at radius 1 is 1.00 bits per heavy atom. The van der Waals surface area contributed by atoms with Crippen LogP contribution in [-0.4, -0.2) is 24.0 Å². The zero-order chi connectivity index (χ0) is 23.1. The van der Waals surface area contributed by atoms with E-state index in [0.29, 0.717) is 16.8 Å². The molecule has 0 bridgehead atoms. The molecule has 0 saturated carbocycles. The van der Waals surface area contributed by atoms with E-state index in [0.717, 1.165) is 5.56 Å². The van der Waals surface area contributed by atoms with Crippen LogP contribution < -0.4 is 4.74 Å². The summed E-state index contributed by atoms with van der Waals surface area (Å²) in [4.78, 5) is 24.4. The number of phenolic OH excluding ortho intramolecular Hbond substituents is 1. The van der Waals surface area contributed by atoms with Gasteiger partial charge in [0.25, 0.3) is 0 Å². The Morgan fingerprint density at radius 2 is 1.75 bits per heavy atom. The van der Waals surface area contributed by atoms with Crippen LogP contribution in [-0.2, 0) is 16.1 Å². The molecule has 0 spiro atoms. The third kappa shape index (κ3) is 5.46. The van der Waals surface area contributed by atoms with E-state index in [1.165, 1.54) is 19.2 Å². The number of benzene rings is 3. The summed E-state index contributed by atoms with van der Waals surface area (Å²) in [5, 5.41) is 18.7. The molecule has 7 nitrogen and oxygen atoms in total. The van der Waals surface area contributed by atoms with Gasteiger partial charge in [0.2, 0.25) is 0 Å². The van der Waals surface area contributed by atoms with E-state index in [9.17, 15) is 14.7 Å². The molecule has 0 unspecified atom stereocenters. The molecular weight excluding hydrogens is 408 g/mol. The van der Waals surface area contributed by atoms with Crippen molar-refractivity contribution in [3.8, 4) is 11.5 Å². The van der Waals surface area contributed by atoms with Crippen LogP contribution in [0.5, 0.6) is 11.5 Å². The molecule has 3 aromatic rings. The number of hydrogen-bond acceptors (Lipinski definition) is 7. The summed E-state index contributed by atoms with van der Waals surface area (Å²) in [6, 6.07) is 18.4. The Labute approximate surface area is 185 Å². The maximum atomic E-state index is 12.8. The van der Waals surface area contributed by atoms with Gasteiger partial charge in [-0.15, -0.1) is 5.11 Å². The Balaban J connectivity index is 1.86. The molecule has 3 aromatic carbocycles. The highest BCUT2D eigenvalue weighted by Gasteiger charge is 2.17. The Morgan fingerprint density at radius 3 is 2.44 bits per heavy atom. The van der Waals surface area contributed by atoms with Gasteiger partial charge in [-0.05, 0) is 30.7 Å². The SMILES string of the molecule is C=C(C)C(=O)OCc1cccc(N=Nc2cc(C(=O)c3ccccc3)c(O)cc2OC)c1. The number of ketones is 1. The zero-order valence-corrected chi connectivity index (χ0v) is 17.7. The van der Waals surface area contributed by atoms with Crippen LogP contribution >= 0.6 is 0 Å². The van der Waals surface area contributed by atoms with Gasteiger partial charge in [0.15, 0.2) is 5.78 Å². The molecule has 1 N–H and O–H groups in total. The monoisotopic (exact) mass is 430 g/mol. The van der Waals surface area contributed by atoms with Crippen molar-refractivity contribution < 1.29 is 24.2 Å². The van der Waals surface area contributed by atoms with Crippen LogP contribution in [0.25, 0.3) is 0 Å². The summed E-state index contributed by atoms with van der Waals surface area (Å²) in [6.07, 6.45) is 0. The van der Waals surface area contributed by atoms with Crippen molar-refractivity contribution >= 4 is 23.1 Å². The minimum absolute atomic E-state index is 0.0767. The minimum Gasteiger partial charge on any atom is -0.507 e. The zero-order valence-electron chi connectivity index (χ0n) is 17.7. The van der Waals surface area contributed by atoms with Crippen LogP contribution in [0.2, 0.25) is 0 Å². The Kier molecular flexibility index (Phi) is 7.13. The third-order valence-corrected chi connectivity index (χ3v) is 4.48. The third-order valence-electron chi connectivity index (χ3n) is 4.48. The van der Waals surface area contributed by atoms with Crippen molar-refractivity contribution in [3.63, 3.8) is 0 Å². The summed E-state index contributed by atoms with van der Waals surface area (Å²) < 4.78 is 10.4. The van der Waals surface area contributed by atoms with Crippen LogP contribution in [0.3, 0.4) is 0 Å². The number of methoxy groups -OCH3 is 1. The average Bonchev–Trinajstić information content (AvgIpc) is 2.81. The lowest BCUT2D eigenvalue weighted by atomic mass is 10.0. The van der Waals surface area contributed by atoms with Crippen molar-refractivity contribution in [2.75, 3.05) is 7.11 Å². The normalized spacial score (nSPS) is 10.7. The Bertz CT molecular complexity index is 1190. The number of phenols is 1.